The number of benzene rings is 2. The second kappa shape index (κ2) is 9.08. The maximum Gasteiger partial charge on any atom is 0.299 e. The average Bonchev–Trinajstić information content (AvgIpc) is 3.06. The number of carbonyl (C=O) groups excluding carboxylic acids is 2. The van der Waals surface area contributed by atoms with Crippen LogP contribution in [0.4, 0.5) is 15.8 Å². The molecule has 33 heavy (non-hydrogen) atoms. The number of piperazine rings is 1. The van der Waals surface area contributed by atoms with Crippen LogP contribution in [0.3, 0.4) is 0 Å². The highest BCUT2D eigenvalue weighted by atomic mass is 35.5. The van der Waals surface area contributed by atoms with Crippen molar-refractivity contribution in [1.82, 2.24) is 9.88 Å². The first-order valence-electron chi connectivity index (χ1n) is 11.2. The number of fused-ring (bicyclic) bond motifs is 2. The predicted molar refractivity (Wildman–Crippen MR) is 128 cm³/mol. The van der Waals surface area contributed by atoms with Gasteiger partial charge in [0.1, 0.15) is 5.82 Å². The number of aromatic nitrogens is 1. The van der Waals surface area contributed by atoms with E-state index in [1.165, 1.54) is 22.7 Å². The van der Waals surface area contributed by atoms with Gasteiger partial charge in [-0.25, -0.2) is 4.39 Å². The molecule has 2 aliphatic heterocycles. The summed E-state index contributed by atoms with van der Waals surface area (Å²) in [5.41, 5.74) is 2.78. The minimum absolute atomic E-state index is 0.169. The number of amides is 1. The fraction of sp³-hybridized carbons (Fsp3) is 0.320. The maximum absolute atomic E-state index is 13.4. The molecule has 2 aliphatic rings. The topological polar surface area (TPSA) is 56.8 Å². The molecular weight excluding hydrogens is 443 g/mol. The summed E-state index contributed by atoms with van der Waals surface area (Å²) in [5.74, 6) is -1.68. The van der Waals surface area contributed by atoms with Gasteiger partial charge in [0.2, 0.25) is 0 Å². The molecule has 2 aromatic carbocycles. The summed E-state index contributed by atoms with van der Waals surface area (Å²) >= 11 is 6.11. The number of rotatable bonds is 6. The van der Waals surface area contributed by atoms with E-state index < -0.39 is 17.5 Å². The first-order valence-corrected chi connectivity index (χ1v) is 11.6. The molecule has 0 N–H and O–H groups in total. The highest BCUT2D eigenvalue weighted by Gasteiger charge is 2.35. The van der Waals surface area contributed by atoms with Gasteiger partial charge in [-0.3, -0.25) is 19.5 Å². The smallest absolute Gasteiger partial charge is 0.299 e. The molecule has 0 bridgehead atoms. The molecule has 5 rings (SSSR count). The van der Waals surface area contributed by atoms with Crippen LogP contribution in [0.1, 0.15) is 23.2 Å². The molecule has 8 heteroatoms. The molecule has 0 unspecified atom stereocenters. The molecule has 1 aromatic heterocycles. The van der Waals surface area contributed by atoms with Gasteiger partial charge in [0, 0.05) is 55.0 Å². The van der Waals surface area contributed by atoms with Crippen molar-refractivity contribution in [3.63, 3.8) is 0 Å². The molecule has 0 aliphatic carbocycles. The van der Waals surface area contributed by atoms with E-state index in [-0.39, 0.29) is 5.56 Å². The Morgan fingerprint density at radius 1 is 0.909 bits per heavy atom. The second-order valence-electron chi connectivity index (χ2n) is 8.47. The van der Waals surface area contributed by atoms with Gasteiger partial charge in [-0.2, -0.15) is 0 Å². The first kappa shape index (κ1) is 21.8. The van der Waals surface area contributed by atoms with Gasteiger partial charge < -0.3 is 9.80 Å². The summed E-state index contributed by atoms with van der Waals surface area (Å²) in [6.45, 7) is 5.18. The van der Waals surface area contributed by atoms with E-state index in [4.69, 9.17) is 11.6 Å². The van der Waals surface area contributed by atoms with E-state index in [0.29, 0.717) is 17.3 Å². The van der Waals surface area contributed by atoms with E-state index in [9.17, 15) is 14.0 Å². The molecule has 0 saturated carbocycles. The number of halogens is 2. The van der Waals surface area contributed by atoms with Gasteiger partial charge in [0.15, 0.2) is 0 Å². The zero-order chi connectivity index (χ0) is 22.9. The SMILES string of the molecule is O=C1C(=O)N(CCCCN2CCN(c3ccnc4cc(Cl)ccc34)CC2)c2ccc(F)cc21. The molecule has 1 amide bonds. The first-order chi connectivity index (χ1) is 16.0. The lowest BCUT2D eigenvalue weighted by Crippen LogP contribution is -2.46. The number of unbranched alkanes of at least 4 members (excludes halogenated alkanes) is 1. The standard InChI is InChI=1S/C25H24ClFN4O2/c26-17-3-5-19-21(15-17)28-8-7-22(19)30-13-11-29(12-14-30)9-1-2-10-31-23-6-4-18(27)16-20(23)24(32)25(31)33/h3-8,15-16H,1-2,9-14H2. The minimum atomic E-state index is -0.619. The third-order valence-corrected chi connectivity index (χ3v) is 6.67. The number of carbonyl (C=O) groups is 2. The Kier molecular flexibility index (Phi) is 6.00. The van der Waals surface area contributed by atoms with Crippen LogP contribution in [-0.2, 0) is 4.79 Å². The third-order valence-electron chi connectivity index (χ3n) is 6.43. The molecule has 0 radical (unpaired) electrons. The lowest BCUT2D eigenvalue weighted by molar-refractivity contribution is -0.114. The molecule has 1 saturated heterocycles. The lowest BCUT2D eigenvalue weighted by Gasteiger charge is -2.36. The second-order valence-corrected chi connectivity index (χ2v) is 8.91. The van der Waals surface area contributed by atoms with Crippen LogP contribution in [0.5, 0.6) is 0 Å². The Labute approximate surface area is 196 Å². The van der Waals surface area contributed by atoms with E-state index in [1.54, 1.807) is 0 Å². The molecule has 0 atom stereocenters. The number of ketones is 1. The number of hydrogen-bond acceptors (Lipinski definition) is 5. The monoisotopic (exact) mass is 466 g/mol. The zero-order valence-electron chi connectivity index (χ0n) is 18.1. The molecule has 3 aromatic rings. The highest BCUT2D eigenvalue weighted by Crippen LogP contribution is 2.30. The van der Waals surface area contributed by atoms with Crippen LogP contribution in [0.2, 0.25) is 5.02 Å². The number of anilines is 2. The molecular formula is C25H24ClFN4O2. The Hall–Kier alpha value is -3.03. The van der Waals surface area contributed by atoms with Gasteiger partial charge in [-0.1, -0.05) is 11.6 Å². The van der Waals surface area contributed by atoms with Gasteiger partial charge >= 0.3 is 0 Å². The van der Waals surface area contributed by atoms with Crippen LogP contribution < -0.4 is 9.80 Å². The average molecular weight is 467 g/mol. The molecule has 1 fully saturated rings. The predicted octanol–water partition coefficient (Wildman–Crippen LogP) is 4.16. The third kappa shape index (κ3) is 4.30. The van der Waals surface area contributed by atoms with Crippen molar-refractivity contribution in [2.45, 2.75) is 12.8 Å². The molecule has 6 nitrogen and oxygen atoms in total. The van der Waals surface area contributed by atoms with Crippen LogP contribution in [0.25, 0.3) is 10.9 Å². The van der Waals surface area contributed by atoms with Gasteiger partial charge in [0.25, 0.3) is 11.7 Å². The summed E-state index contributed by atoms with van der Waals surface area (Å²) in [5, 5.41) is 1.80. The lowest BCUT2D eigenvalue weighted by atomic mass is 10.1. The summed E-state index contributed by atoms with van der Waals surface area (Å²) in [6, 6.07) is 11.8. The summed E-state index contributed by atoms with van der Waals surface area (Å²) < 4.78 is 13.4. The summed E-state index contributed by atoms with van der Waals surface area (Å²) in [7, 11) is 0. The van der Waals surface area contributed by atoms with Gasteiger partial charge in [-0.05, 0) is 61.9 Å². The largest absolute Gasteiger partial charge is 0.368 e. The summed E-state index contributed by atoms with van der Waals surface area (Å²) in [4.78, 5) is 35.1. The van der Waals surface area contributed by atoms with Gasteiger partial charge in [0.05, 0.1) is 16.8 Å². The van der Waals surface area contributed by atoms with E-state index >= 15 is 0 Å². The number of pyridine rings is 1. The van der Waals surface area contributed by atoms with Crippen molar-refractivity contribution in [3.8, 4) is 0 Å². The number of hydrogen-bond donors (Lipinski definition) is 0. The van der Waals surface area contributed by atoms with E-state index in [1.807, 2.05) is 24.4 Å². The van der Waals surface area contributed by atoms with Crippen molar-refractivity contribution in [2.75, 3.05) is 49.1 Å². The quantitative estimate of drug-likeness (QED) is 0.403. The maximum atomic E-state index is 13.4. The van der Waals surface area contributed by atoms with Crippen molar-refractivity contribution in [1.29, 1.82) is 0 Å². The molecule has 170 valence electrons. The van der Waals surface area contributed by atoms with Crippen LogP contribution in [0, 0.1) is 5.82 Å². The summed E-state index contributed by atoms with van der Waals surface area (Å²) in [6.07, 6.45) is 3.54. The minimum Gasteiger partial charge on any atom is -0.368 e. The fourth-order valence-electron chi connectivity index (χ4n) is 4.69. The Bertz CT molecular complexity index is 1230. The van der Waals surface area contributed by atoms with Crippen molar-refractivity contribution < 1.29 is 14.0 Å². The Balaban J connectivity index is 1.12. The molecule has 0 spiro atoms. The highest BCUT2D eigenvalue weighted by molar-refractivity contribution is 6.52. The van der Waals surface area contributed by atoms with E-state index in [0.717, 1.165) is 62.5 Å². The van der Waals surface area contributed by atoms with Crippen LogP contribution in [0.15, 0.2) is 48.7 Å². The van der Waals surface area contributed by atoms with Crippen molar-refractivity contribution >= 4 is 45.6 Å². The number of Topliss-reactive ketones (excluding diaryl/α,β-unsaturated/α-hetero) is 1. The molecule has 3 heterocycles. The van der Waals surface area contributed by atoms with E-state index in [2.05, 4.69) is 20.9 Å². The van der Waals surface area contributed by atoms with Crippen molar-refractivity contribution in [3.05, 3.63) is 65.1 Å². The van der Waals surface area contributed by atoms with Crippen LogP contribution >= 0.6 is 11.6 Å². The van der Waals surface area contributed by atoms with Crippen molar-refractivity contribution in [2.24, 2.45) is 0 Å². The zero-order valence-corrected chi connectivity index (χ0v) is 18.9. The van der Waals surface area contributed by atoms with Crippen LogP contribution in [-0.4, -0.2) is 60.8 Å². The Morgan fingerprint density at radius 2 is 1.70 bits per heavy atom. The van der Waals surface area contributed by atoms with Gasteiger partial charge in [-0.15, -0.1) is 0 Å². The fourth-order valence-corrected chi connectivity index (χ4v) is 4.86. The Morgan fingerprint density at radius 3 is 2.52 bits per heavy atom. The number of nitrogens with zero attached hydrogens (tertiary/aromatic N) is 4. The normalized spacial score (nSPS) is 16.7.